The van der Waals surface area contributed by atoms with Crippen molar-refractivity contribution in [1.82, 2.24) is 15.0 Å². The standard InChI is InChI=1S/C30H21N3O3/c1-18-12-22-13-19(2-3-20-15-31-17-32-16-20)4-5-23(22)29(25(18)14-27(34)35)24-6-7-26-28-21(9-11-36-26)8-10-33-30(24)28/h4-8,10,12-13,15-17H,9,11,14H2,1H3,(H,34,35). The van der Waals surface area contributed by atoms with Crippen LogP contribution < -0.4 is 4.74 Å². The zero-order valence-electron chi connectivity index (χ0n) is 19.6. The number of hydrogen-bond donors (Lipinski definition) is 1. The summed E-state index contributed by atoms with van der Waals surface area (Å²) in [6, 6.07) is 14.1. The van der Waals surface area contributed by atoms with Crippen LogP contribution >= 0.6 is 0 Å². The van der Waals surface area contributed by atoms with E-state index < -0.39 is 5.97 Å². The Balaban J connectivity index is 1.60. The van der Waals surface area contributed by atoms with Gasteiger partial charge in [-0.05, 0) is 70.3 Å². The Morgan fingerprint density at radius 1 is 1.06 bits per heavy atom. The Bertz CT molecular complexity index is 1720. The second kappa shape index (κ2) is 8.79. The number of aromatic nitrogens is 3. The zero-order chi connectivity index (χ0) is 24.6. The largest absolute Gasteiger partial charge is 0.493 e. The molecule has 0 atom stereocenters. The number of ether oxygens (including phenoxy) is 1. The van der Waals surface area contributed by atoms with Crippen LogP contribution in [0.2, 0.25) is 0 Å². The average Bonchev–Trinajstić information content (AvgIpc) is 2.89. The molecule has 0 saturated heterocycles. The molecule has 0 saturated carbocycles. The summed E-state index contributed by atoms with van der Waals surface area (Å²) in [5.41, 5.74) is 7.12. The molecule has 2 aromatic heterocycles. The van der Waals surface area contributed by atoms with Gasteiger partial charge in [0.05, 0.1) is 24.1 Å². The number of aliphatic carboxylic acids is 1. The average molecular weight is 472 g/mol. The Morgan fingerprint density at radius 3 is 2.72 bits per heavy atom. The van der Waals surface area contributed by atoms with Crippen molar-refractivity contribution >= 4 is 27.6 Å². The van der Waals surface area contributed by atoms with Crippen LogP contribution in [-0.2, 0) is 17.6 Å². The van der Waals surface area contributed by atoms with Crippen LogP contribution in [0, 0.1) is 18.8 Å². The van der Waals surface area contributed by atoms with E-state index in [-0.39, 0.29) is 6.42 Å². The molecule has 6 rings (SSSR count). The summed E-state index contributed by atoms with van der Waals surface area (Å²) in [7, 11) is 0. The van der Waals surface area contributed by atoms with Crippen LogP contribution in [0.1, 0.15) is 27.8 Å². The van der Waals surface area contributed by atoms with E-state index in [2.05, 4.69) is 21.8 Å². The smallest absolute Gasteiger partial charge is 0.307 e. The van der Waals surface area contributed by atoms with Gasteiger partial charge in [0.2, 0.25) is 0 Å². The van der Waals surface area contributed by atoms with Crippen LogP contribution in [0.15, 0.2) is 67.4 Å². The fourth-order valence-corrected chi connectivity index (χ4v) is 4.97. The number of aryl methyl sites for hydroxylation is 1. The lowest BCUT2D eigenvalue weighted by atomic mass is 9.86. The van der Waals surface area contributed by atoms with Gasteiger partial charge in [0.1, 0.15) is 12.1 Å². The number of pyridine rings is 1. The summed E-state index contributed by atoms with van der Waals surface area (Å²) in [5.74, 6) is 6.23. The number of carboxylic acid groups (broad SMARTS) is 1. The van der Waals surface area contributed by atoms with Crippen LogP contribution in [0.4, 0.5) is 0 Å². The van der Waals surface area contributed by atoms with E-state index in [4.69, 9.17) is 9.72 Å². The highest BCUT2D eigenvalue weighted by Crippen LogP contribution is 2.42. The van der Waals surface area contributed by atoms with Crippen molar-refractivity contribution in [2.75, 3.05) is 6.61 Å². The van der Waals surface area contributed by atoms with Gasteiger partial charge in [-0.3, -0.25) is 9.78 Å². The lowest BCUT2D eigenvalue weighted by Gasteiger charge is -2.21. The number of carbonyl (C=O) groups is 1. The molecule has 174 valence electrons. The van der Waals surface area contributed by atoms with Crippen LogP contribution in [0.5, 0.6) is 5.75 Å². The van der Waals surface area contributed by atoms with Gasteiger partial charge < -0.3 is 9.84 Å². The molecule has 0 spiro atoms. The van der Waals surface area contributed by atoms with Gasteiger partial charge in [-0.1, -0.05) is 24.0 Å². The summed E-state index contributed by atoms with van der Waals surface area (Å²) in [6.45, 7) is 2.60. The number of hydrogen-bond acceptors (Lipinski definition) is 5. The molecule has 36 heavy (non-hydrogen) atoms. The molecule has 5 aromatic rings. The van der Waals surface area contributed by atoms with Crippen molar-refractivity contribution in [1.29, 1.82) is 0 Å². The lowest BCUT2D eigenvalue weighted by Crippen LogP contribution is -2.10. The first-order chi connectivity index (χ1) is 17.6. The zero-order valence-corrected chi connectivity index (χ0v) is 19.6. The first-order valence-electron chi connectivity index (χ1n) is 11.7. The molecular formula is C30H21N3O3. The summed E-state index contributed by atoms with van der Waals surface area (Å²) >= 11 is 0. The van der Waals surface area contributed by atoms with Gasteiger partial charge in [0.25, 0.3) is 0 Å². The minimum atomic E-state index is -0.870. The molecule has 1 N–H and O–H groups in total. The molecule has 0 fully saturated rings. The number of carboxylic acids is 1. The first-order valence-corrected chi connectivity index (χ1v) is 11.7. The third-order valence-corrected chi connectivity index (χ3v) is 6.55. The van der Waals surface area contributed by atoms with Crippen molar-refractivity contribution in [2.45, 2.75) is 19.8 Å². The Morgan fingerprint density at radius 2 is 1.89 bits per heavy atom. The molecule has 6 heteroatoms. The number of nitrogens with zero attached hydrogens (tertiary/aromatic N) is 3. The van der Waals surface area contributed by atoms with Gasteiger partial charge in [-0.15, -0.1) is 0 Å². The highest BCUT2D eigenvalue weighted by molar-refractivity contribution is 6.08. The Labute approximate surface area is 207 Å². The van der Waals surface area contributed by atoms with Gasteiger partial charge in [-0.25, -0.2) is 9.97 Å². The first kappa shape index (κ1) is 21.8. The maximum Gasteiger partial charge on any atom is 0.307 e. The Kier molecular flexibility index (Phi) is 5.31. The van der Waals surface area contributed by atoms with Gasteiger partial charge in [0.15, 0.2) is 0 Å². The van der Waals surface area contributed by atoms with Crippen molar-refractivity contribution < 1.29 is 14.6 Å². The van der Waals surface area contributed by atoms with E-state index in [0.717, 1.165) is 67.2 Å². The third kappa shape index (κ3) is 3.81. The number of rotatable bonds is 3. The Hall–Kier alpha value is -4.76. The fraction of sp³-hybridized carbons (Fsp3) is 0.133. The van der Waals surface area contributed by atoms with E-state index in [1.54, 1.807) is 12.4 Å². The normalized spacial score (nSPS) is 12.1. The monoisotopic (exact) mass is 471 g/mol. The molecule has 0 aliphatic carbocycles. The lowest BCUT2D eigenvalue weighted by molar-refractivity contribution is -0.136. The topological polar surface area (TPSA) is 85.2 Å². The summed E-state index contributed by atoms with van der Waals surface area (Å²) in [6.07, 6.45) is 7.40. The molecule has 1 aliphatic heterocycles. The summed E-state index contributed by atoms with van der Waals surface area (Å²) in [4.78, 5) is 24.6. The minimum absolute atomic E-state index is 0.0773. The molecular weight excluding hydrogens is 450 g/mol. The summed E-state index contributed by atoms with van der Waals surface area (Å²) < 4.78 is 5.91. The fourth-order valence-electron chi connectivity index (χ4n) is 4.97. The molecule has 3 aromatic carbocycles. The second-order valence-electron chi connectivity index (χ2n) is 8.83. The molecule has 6 nitrogen and oxygen atoms in total. The number of fused-ring (bicyclic) bond motifs is 1. The SMILES string of the molecule is Cc1cc2cc(C#Cc3cncnc3)ccc2c(-c2ccc3c4c(ccnc24)CCO3)c1CC(=O)O. The third-order valence-electron chi connectivity index (χ3n) is 6.55. The molecule has 1 aliphatic rings. The molecule has 3 heterocycles. The minimum Gasteiger partial charge on any atom is -0.493 e. The van der Waals surface area contributed by atoms with Gasteiger partial charge in [-0.2, -0.15) is 0 Å². The van der Waals surface area contributed by atoms with E-state index >= 15 is 0 Å². The summed E-state index contributed by atoms with van der Waals surface area (Å²) in [5, 5.41) is 12.7. The highest BCUT2D eigenvalue weighted by Gasteiger charge is 2.22. The van der Waals surface area contributed by atoms with Gasteiger partial charge >= 0.3 is 5.97 Å². The van der Waals surface area contributed by atoms with Crippen LogP contribution in [0.3, 0.4) is 0 Å². The molecule has 0 unspecified atom stereocenters. The maximum absolute atomic E-state index is 11.9. The molecule has 0 radical (unpaired) electrons. The quantitative estimate of drug-likeness (QED) is 0.368. The molecule has 0 amide bonds. The van der Waals surface area contributed by atoms with E-state index in [0.29, 0.717) is 6.61 Å². The van der Waals surface area contributed by atoms with Crippen LogP contribution in [-0.4, -0.2) is 32.6 Å². The van der Waals surface area contributed by atoms with E-state index in [9.17, 15) is 9.90 Å². The van der Waals surface area contributed by atoms with Crippen LogP contribution in [0.25, 0.3) is 32.8 Å². The predicted octanol–water partition coefficient (Wildman–Crippen LogP) is 5.12. The maximum atomic E-state index is 11.9. The molecule has 0 bridgehead atoms. The predicted molar refractivity (Wildman–Crippen MR) is 138 cm³/mol. The highest BCUT2D eigenvalue weighted by atomic mass is 16.5. The van der Waals surface area contributed by atoms with Crippen molar-refractivity contribution in [3.8, 4) is 28.7 Å². The van der Waals surface area contributed by atoms with Gasteiger partial charge in [0, 0.05) is 41.5 Å². The number of benzene rings is 3. The van der Waals surface area contributed by atoms with Crippen molar-refractivity contribution in [3.63, 3.8) is 0 Å². The van der Waals surface area contributed by atoms with Crippen molar-refractivity contribution in [3.05, 3.63) is 95.2 Å². The van der Waals surface area contributed by atoms with E-state index in [1.165, 1.54) is 11.9 Å². The van der Waals surface area contributed by atoms with E-state index in [1.807, 2.05) is 55.6 Å². The second-order valence-corrected chi connectivity index (χ2v) is 8.83. The van der Waals surface area contributed by atoms with Crippen molar-refractivity contribution in [2.24, 2.45) is 0 Å².